The van der Waals surface area contributed by atoms with E-state index in [0.29, 0.717) is 12.8 Å². The van der Waals surface area contributed by atoms with Crippen LogP contribution in [0.4, 0.5) is 0 Å². The van der Waals surface area contributed by atoms with E-state index in [-0.39, 0.29) is 5.97 Å². The van der Waals surface area contributed by atoms with Crippen LogP contribution in [-0.2, 0) is 14.3 Å². The van der Waals surface area contributed by atoms with E-state index < -0.39 is 12.1 Å². The molecule has 0 aromatic rings. The van der Waals surface area contributed by atoms with Crippen LogP contribution in [-0.4, -0.2) is 23.1 Å². The van der Waals surface area contributed by atoms with Crippen molar-refractivity contribution in [2.45, 2.75) is 213 Å². The summed E-state index contributed by atoms with van der Waals surface area (Å²) in [5, 5.41) is 9.44. The molecule has 0 bridgehead atoms. The van der Waals surface area contributed by atoms with Crippen LogP contribution in [0.5, 0.6) is 0 Å². The van der Waals surface area contributed by atoms with Crippen molar-refractivity contribution in [3.63, 3.8) is 0 Å². The summed E-state index contributed by atoms with van der Waals surface area (Å²) in [7, 11) is 0. The molecule has 0 radical (unpaired) electrons. The van der Waals surface area contributed by atoms with Gasteiger partial charge in [0.1, 0.15) is 0 Å². The highest BCUT2D eigenvalue weighted by molar-refractivity contribution is 5.77. The molecule has 0 saturated heterocycles. The lowest BCUT2D eigenvalue weighted by atomic mass is 10.0. The minimum absolute atomic E-state index is 0.341. The molecule has 0 rings (SSSR count). The number of esters is 1. The van der Waals surface area contributed by atoms with Gasteiger partial charge in [-0.1, -0.05) is 181 Å². The van der Waals surface area contributed by atoms with Crippen LogP contribution in [0, 0.1) is 0 Å². The van der Waals surface area contributed by atoms with Gasteiger partial charge in [0.2, 0.25) is 0 Å². The molecule has 1 unspecified atom stereocenters. The maximum atomic E-state index is 12.1. The van der Waals surface area contributed by atoms with Crippen LogP contribution in [0.15, 0.2) is 0 Å². The molecular formula is C35H68O4. The second-order valence-corrected chi connectivity index (χ2v) is 12.0. The molecule has 0 saturated carbocycles. The van der Waals surface area contributed by atoms with Crippen molar-refractivity contribution in [3.05, 3.63) is 0 Å². The first-order chi connectivity index (χ1) is 19.1. The Bertz CT molecular complexity index is 519. The summed E-state index contributed by atoms with van der Waals surface area (Å²) in [6.07, 6.45) is 35.6. The maximum absolute atomic E-state index is 12.1. The normalized spacial score (nSPS) is 12.1. The van der Waals surface area contributed by atoms with Crippen LogP contribution in [0.3, 0.4) is 0 Å². The Balaban J connectivity index is 3.52. The van der Waals surface area contributed by atoms with E-state index in [4.69, 9.17) is 4.74 Å². The molecule has 1 atom stereocenters. The Kier molecular flexibility index (Phi) is 30.6. The Morgan fingerprint density at radius 1 is 0.462 bits per heavy atom. The number of ether oxygens (including phenoxy) is 1. The summed E-state index contributed by atoms with van der Waals surface area (Å²) in [5.74, 6) is -1.34. The van der Waals surface area contributed by atoms with Gasteiger partial charge in [0.15, 0.2) is 6.10 Å². The zero-order valence-electron chi connectivity index (χ0n) is 26.5. The standard InChI is InChI=1S/C35H68O4/c1-3-5-7-9-11-13-15-17-18-20-22-24-26-28-30-32-34(36)39-33(35(37)38)31-29-27-25-23-21-19-16-14-12-10-8-6-4-2/h33H,3-32H2,1-2H3,(H,37,38). The molecule has 1 N–H and O–H groups in total. The van der Waals surface area contributed by atoms with E-state index in [0.717, 1.165) is 38.5 Å². The largest absolute Gasteiger partial charge is 0.479 e. The fourth-order valence-electron chi connectivity index (χ4n) is 5.44. The third kappa shape index (κ3) is 29.7. The first kappa shape index (κ1) is 37.9. The predicted molar refractivity (Wildman–Crippen MR) is 167 cm³/mol. The van der Waals surface area contributed by atoms with Gasteiger partial charge in [-0.3, -0.25) is 4.79 Å². The molecule has 0 heterocycles. The first-order valence-electron chi connectivity index (χ1n) is 17.5. The Hall–Kier alpha value is -1.06. The Labute approximate surface area is 243 Å². The minimum Gasteiger partial charge on any atom is -0.479 e. The van der Waals surface area contributed by atoms with Gasteiger partial charge in [-0.05, 0) is 19.3 Å². The van der Waals surface area contributed by atoms with Crippen LogP contribution in [0.25, 0.3) is 0 Å². The number of hydrogen-bond donors (Lipinski definition) is 1. The van der Waals surface area contributed by atoms with Crippen molar-refractivity contribution < 1.29 is 19.4 Å². The highest BCUT2D eigenvalue weighted by atomic mass is 16.6. The maximum Gasteiger partial charge on any atom is 0.345 e. The zero-order chi connectivity index (χ0) is 28.7. The Morgan fingerprint density at radius 3 is 1.05 bits per heavy atom. The molecule has 232 valence electrons. The van der Waals surface area contributed by atoms with E-state index in [2.05, 4.69) is 13.8 Å². The molecule has 0 aromatic carbocycles. The van der Waals surface area contributed by atoms with Gasteiger partial charge in [-0.2, -0.15) is 0 Å². The quantitative estimate of drug-likeness (QED) is 0.0665. The average molecular weight is 553 g/mol. The summed E-state index contributed by atoms with van der Waals surface area (Å²) in [6, 6.07) is 0. The van der Waals surface area contributed by atoms with E-state index in [1.165, 1.54) is 141 Å². The van der Waals surface area contributed by atoms with Gasteiger partial charge in [0.05, 0.1) is 0 Å². The summed E-state index contributed by atoms with van der Waals surface area (Å²) in [5.41, 5.74) is 0. The van der Waals surface area contributed by atoms with Crippen molar-refractivity contribution in [1.82, 2.24) is 0 Å². The summed E-state index contributed by atoms with van der Waals surface area (Å²) in [6.45, 7) is 4.53. The van der Waals surface area contributed by atoms with Crippen molar-refractivity contribution >= 4 is 11.9 Å². The van der Waals surface area contributed by atoms with Gasteiger partial charge < -0.3 is 9.84 Å². The lowest BCUT2D eigenvalue weighted by molar-refractivity contribution is -0.164. The molecular weight excluding hydrogens is 484 g/mol. The van der Waals surface area contributed by atoms with Crippen LogP contribution < -0.4 is 0 Å². The molecule has 0 aromatic heterocycles. The number of carboxylic acids is 1. The highest BCUT2D eigenvalue weighted by Gasteiger charge is 2.21. The molecule has 39 heavy (non-hydrogen) atoms. The second kappa shape index (κ2) is 31.5. The molecule has 4 heteroatoms. The lowest BCUT2D eigenvalue weighted by Gasteiger charge is -2.13. The first-order valence-corrected chi connectivity index (χ1v) is 17.5. The summed E-state index contributed by atoms with van der Waals surface area (Å²) in [4.78, 5) is 23.7. The fourth-order valence-corrected chi connectivity index (χ4v) is 5.44. The molecule has 0 fully saturated rings. The smallest absolute Gasteiger partial charge is 0.345 e. The molecule has 0 aliphatic heterocycles. The second-order valence-electron chi connectivity index (χ2n) is 12.0. The van der Waals surface area contributed by atoms with Gasteiger partial charge in [-0.25, -0.2) is 4.79 Å². The van der Waals surface area contributed by atoms with Gasteiger partial charge in [-0.15, -0.1) is 0 Å². The fraction of sp³-hybridized carbons (Fsp3) is 0.943. The zero-order valence-corrected chi connectivity index (χ0v) is 26.5. The summed E-state index contributed by atoms with van der Waals surface area (Å²) >= 11 is 0. The van der Waals surface area contributed by atoms with Crippen molar-refractivity contribution in [2.75, 3.05) is 0 Å². The van der Waals surface area contributed by atoms with E-state index in [1.807, 2.05) is 0 Å². The Morgan fingerprint density at radius 2 is 0.744 bits per heavy atom. The average Bonchev–Trinajstić information content (AvgIpc) is 2.92. The molecule has 0 aliphatic rings. The third-order valence-electron chi connectivity index (χ3n) is 8.10. The lowest BCUT2D eigenvalue weighted by Crippen LogP contribution is -2.27. The van der Waals surface area contributed by atoms with Gasteiger partial charge in [0, 0.05) is 6.42 Å². The topological polar surface area (TPSA) is 63.6 Å². The SMILES string of the molecule is CCCCCCCCCCCCCCCCCC(=O)OC(CCCCCCCCCCCCCCC)C(=O)O. The van der Waals surface area contributed by atoms with E-state index in [1.54, 1.807) is 0 Å². The number of carboxylic acid groups (broad SMARTS) is 1. The summed E-state index contributed by atoms with van der Waals surface area (Å²) < 4.78 is 5.30. The number of unbranched alkanes of at least 4 members (excludes halogenated alkanes) is 26. The van der Waals surface area contributed by atoms with Crippen molar-refractivity contribution in [3.8, 4) is 0 Å². The van der Waals surface area contributed by atoms with Gasteiger partial charge >= 0.3 is 11.9 Å². The van der Waals surface area contributed by atoms with Crippen molar-refractivity contribution in [2.24, 2.45) is 0 Å². The molecule has 4 nitrogen and oxygen atoms in total. The van der Waals surface area contributed by atoms with Crippen LogP contribution in [0.1, 0.15) is 206 Å². The third-order valence-corrected chi connectivity index (χ3v) is 8.10. The van der Waals surface area contributed by atoms with Gasteiger partial charge in [0.25, 0.3) is 0 Å². The molecule has 0 amide bonds. The van der Waals surface area contributed by atoms with Crippen LogP contribution in [0.2, 0.25) is 0 Å². The minimum atomic E-state index is -1.00. The monoisotopic (exact) mass is 553 g/mol. The number of hydrogen-bond acceptors (Lipinski definition) is 3. The van der Waals surface area contributed by atoms with E-state index >= 15 is 0 Å². The predicted octanol–water partition coefficient (Wildman–Crippen LogP) is 11.7. The van der Waals surface area contributed by atoms with Crippen molar-refractivity contribution in [1.29, 1.82) is 0 Å². The van der Waals surface area contributed by atoms with E-state index in [9.17, 15) is 14.7 Å². The number of carbonyl (C=O) groups is 2. The van der Waals surface area contributed by atoms with Crippen LogP contribution >= 0.6 is 0 Å². The molecule has 0 spiro atoms. The number of rotatable bonds is 32. The highest BCUT2D eigenvalue weighted by Crippen LogP contribution is 2.16. The molecule has 0 aliphatic carbocycles. The number of aliphatic carboxylic acids is 1. The number of carbonyl (C=O) groups excluding carboxylic acids is 1.